The van der Waals surface area contributed by atoms with E-state index in [2.05, 4.69) is 57.3 Å². The van der Waals surface area contributed by atoms with Gasteiger partial charge < -0.3 is 9.73 Å². The topological polar surface area (TPSA) is 25.2 Å². The van der Waals surface area contributed by atoms with Crippen molar-refractivity contribution >= 4 is 0 Å². The average molecular weight is 271 g/mol. The molecule has 108 valence electrons. The van der Waals surface area contributed by atoms with Gasteiger partial charge in [-0.2, -0.15) is 0 Å². The van der Waals surface area contributed by atoms with Gasteiger partial charge in [0.05, 0.1) is 6.26 Å². The zero-order valence-electron chi connectivity index (χ0n) is 12.9. The Labute approximate surface area is 122 Å². The van der Waals surface area contributed by atoms with Crippen LogP contribution in [0, 0.1) is 0 Å². The first kappa shape index (κ1) is 14.9. The van der Waals surface area contributed by atoms with Gasteiger partial charge in [0.25, 0.3) is 0 Å². The van der Waals surface area contributed by atoms with Crippen molar-refractivity contribution in [1.29, 1.82) is 0 Å². The zero-order valence-corrected chi connectivity index (χ0v) is 12.9. The Hall–Kier alpha value is -1.54. The van der Waals surface area contributed by atoms with E-state index in [4.69, 9.17) is 4.42 Å². The Bertz CT molecular complexity index is 505. The van der Waals surface area contributed by atoms with Gasteiger partial charge in [-0.1, -0.05) is 45.0 Å². The van der Waals surface area contributed by atoms with Crippen LogP contribution in [0.2, 0.25) is 0 Å². The summed E-state index contributed by atoms with van der Waals surface area (Å²) < 4.78 is 5.37. The van der Waals surface area contributed by atoms with Gasteiger partial charge in [-0.15, -0.1) is 0 Å². The maximum atomic E-state index is 5.37. The molecule has 2 heteroatoms. The van der Waals surface area contributed by atoms with Crippen molar-refractivity contribution in [3.8, 4) is 0 Å². The van der Waals surface area contributed by atoms with E-state index in [1.165, 1.54) is 11.1 Å². The van der Waals surface area contributed by atoms with E-state index in [9.17, 15) is 0 Å². The van der Waals surface area contributed by atoms with Crippen LogP contribution in [-0.2, 0) is 18.4 Å². The van der Waals surface area contributed by atoms with Crippen LogP contribution in [0.4, 0.5) is 0 Å². The number of rotatable bonds is 5. The van der Waals surface area contributed by atoms with Crippen molar-refractivity contribution in [2.45, 2.75) is 52.1 Å². The number of nitrogens with one attached hydrogen (secondary N) is 1. The molecule has 0 radical (unpaired) electrons. The Morgan fingerprint density at radius 1 is 1.10 bits per heavy atom. The van der Waals surface area contributed by atoms with E-state index in [-0.39, 0.29) is 5.41 Å². The lowest BCUT2D eigenvalue weighted by molar-refractivity contribution is 0.456. The highest BCUT2D eigenvalue weighted by Crippen LogP contribution is 2.22. The highest BCUT2D eigenvalue weighted by atomic mass is 16.3. The molecule has 1 aromatic heterocycles. The van der Waals surface area contributed by atoms with Gasteiger partial charge in [-0.05, 0) is 35.6 Å². The molecule has 1 unspecified atom stereocenters. The first-order valence-electron chi connectivity index (χ1n) is 7.30. The van der Waals surface area contributed by atoms with Crippen LogP contribution in [0.5, 0.6) is 0 Å². The van der Waals surface area contributed by atoms with E-state index < -0.39 is 0 Å². The summed E-state index contributed by atoms with van der Waals surface area (Å²) in [5, 5.41) is 3.54. The Morgan fingerprint density at radius 2 is 1.80 bits per heavy atom. The largest absolute Gasteiger partial charge is 0.469 e. The van der Waals surface area contributed by atoms with Crippen molar-refractivity contribution < 1.29 is 4.42 Å². The molecule has 0 saturated carbocycles. The summed E-state index contributed by atoms with van der Waals surface area (Å²) in [5.41, 5.74) is 2.92. The molecule has 1 heterocycles. The van der Waals surface area contributed by atoms with E-state index in [0.717, 1.165) is 18.7 Å². The molecule has 2 rings (SSSR count). The minimum atomic E-state index is 0.221. The highest BCUT2D eigenvalue weighted by molar-refractivity contribution is 5.27. The molecule has 0 saturated heterocycles. The minimum Gasteiger partial charge on any atom is -0.469 e. The lowest BCUT2D eigenvalue weighted by atomic mass is 9.87. The summed E-state index contributed by atoms with van der Waals surface area (Å²) in [6.07, 6.45) is 2.65. The van der Waals surface area contributed by atoms with Gasteiger partial charge in [0.2, 0.25) is 0 Å². The first-order valence-corrected chi connectivity index (χ1v) is 7.30. The summed E-state index contributed by atoms with van der Waals surface area (Å²) in [5.74, 6) is 1.04. The first-order chi connectivity index (χ1) is 9.45. The van der Waals surface area contributed by atoms with Crippen molar-refractivity contribution in [3.05, 3.63) is 59.5 Å². The average Bonchev–Trinajstić information content (AvgIpc) is 2.88. The summed E-state index contributed by atoms with van der Waals surface area (Å²) in [6.45, 7) is 9.81. The fourth-order valence-corrected chi connectivity index (χ4v) is 2.22. The van der Waals surface area contributed by atoms with E-state index in [1.807, 2.05) is 12.1 Å². The summed E-state index contributed by atoms with van der Waals surface area (Å²) >= 11 is 0. The summed E-state index contributed by atoms with van der Waals surface area (Å²) in [4.78, 5) is 0. The number of hydrogen-bond acceptors (Lipinski definition) is 2. The van der Waals surface area contributed by atoms with Crippen molar-refractivity contribution in [1.82, 2.24) is 5.32 Å². The quantitative estimate of drug-likeness (QED) is 0.877. The van der Waals surface area contributed by atoms with Gasteiger partial charge in [-0.3, -0.25) is 0 Å². The van der Waals surface area contributed by atoms with Gasteiger partial charge >= 0.3 is 0 Å². The predicted octanol–water partition coefficient (Wildman–Crippen LogP) is 4.30. The standard InChI is InChI=1S/C18H25NO/c1-14(12-17-6-5-11-20-17)19-13-15-7-9-16(10-8-15)18(2,3)4/h5-11,14,19H,12-13H2,1-4H3. The molecule has 0 fully saturated rings. The fraction of sp³-hybridized carbons (Fsp3) is 0.444. The fourth-order valence-electron chi connectivity index (χ4n) is 2.22. The van der Waals surface area contributed by atoms with Crippen LogP contribution in [0.15, 0.2) is 47.1 Å². The van der Waals surface area contributed by atoms with E-state index in [1.54, 1.807) is 6.26 Å². The molecule has 20 heavy (non-hydrogen) atoms. The lowest BCUT2D eigenvalue weighted by Gasteiger charge is -2.19. The molecule has 0 aliphatic heterocycles. The molecule has 2 nitrogen and oxygen atoms in total. The van der Waals surface area contributed by atoms with Crippen LogP contribution < -0.4 is 5.32 Å². The highest BCUT2D eigenvalue weighted by Gasteiger charge is 2.12. The summed E-state index contributed by atoms with van der Waals surface area (Å²) in [6, 6.07) is 13.3. The predicted molar refractivity (Wildman–Crippen MR) is 83.9 cm³/mol. The third-order valence-electron chi connectivity index (χ3n) is 3.56. The Kier molecular flexibility index (Phi) is 4.66. The number of furan rings is 1. The van der Waals surface area contributed by atoms with Crippen LogP contribution in [-0.4, -0.2) is 6.04 Å². The number of benzene rings is 1. The molecule has 0 aliphatic rings. The lowest BCUT2D eigenvalue weighted by Crippen LogP contribution is -2.27. The molecular weight excluding hydrogens is 246 g/mol. The van der Waals surface area contributed by atoms with E-state index >= 15 is 0 Å². The molecule has 1 atom stereocenters. The van der Waals surface area contributed by atoms with Gasteiger partial charge in [-0.25, -0.2) is 0 Å². The van der Waals surface area contributed by atoms with Crippen LogP contribution in [0.25, 0.3) is 0 Å². The third kappa shape index (κ3) is 4.24. The molecular formula is C18H25NO. The SMILES string of the molecule is CC(Cc1ccco1)NCc1ccc(C(C)(C)C)cc1. The maximum absolute atomic E-state index is 5.37. The molecule has 0 aliphatic carbocycles. The molecule has 1 aromatic carbocycles. The maximum Gasteiger partial charge on any atom is 0.105 e. The van der Waals surface area contributed by atoms with Crippen LogP contribution in [0.1, 0.15) is 44.6 Å². The zero-order chi connectivity index (χ0) is 14.6. The van der Waals surface area contributed by atoms with Crippen molar-refractivity contribution in [3.63, 3.8) is 0 Å². The molecule has 1 N–H and O–H groups in total. The van der Waals surface area contributed by atoms with Crippen LogP contribution >= 0.6 is 0 Å². The molecule has 0 spiro atoms. The normalized spacial score (nSPS) is 13.4. The summed E-state index contributed by atoms with van der Waals surface area (Å²) in [7, 11) is 0. The van der Waals surface area contributed by atoms with Gasteiger partial charge in [0, 0.05) is 19.0 Å². The van der Waals surface area contributed by atoms with Crippen molar-refractivity contribution in [2.24, 2.45) is 0 Å². The number of hydrogen-bond donors (Lipinski definition) is 1. The molecule has 2 aromatic rings. The third-order valence-corrected chi connectivity index (χ3v) is 3.56. The smallest absolute Gasteiger partial charge is 0.105 e. The van der Waals surface area contributed by atoms with Gasteiger partial charge in [0.1, 0.15) is 5.76 Å². The van der Waals surface area contributed by atoms with Gasteiger partial charge in [0.15, 0.2) is 0 Å². The second kappa shape index (κ2) is 6.27. The Balaban J connectivity index is 1.84. The monoisotopic (exact) mass is 271 g/mol. The minimum absolute atomic E-state index is 0.221. The van der Waals surface area contributed by atoms with Crippen molar-refractivity contribution in [2.75, 3.05) is 0 Å². The second-order valence-electron chi connectivity index (χ2n) is 6.51. The molecule has 0 bridgehead atoms. The Morgan fingerprint density at radius 3 is 2.35 bits per heavy atom. The van der Waals surface area contributed by atoms with Crippen LogP contribution in [0.3, 0.4) is 0 Å². The second-order valence-corrected chi connectivity index (χ2v) is 6.51. The van der Waals surface area contributed by atoms with E-state index in [0.29, 0.717) is 6.04 Å². The molecule has 0 amide bonds.